The van der Waals surface area contributed by atoms with Crippen LogP contribution < -0.4 is 5.32 Å². The molecule has 2 N–H and O–H groups in total. The first-order valence-corrected chi connectivity index (χ1v) is 5.04. The molecule has 90 valence electrons. The number of amides is 1. The highest BCUT2D eigenvalue weighted by Gasteiger charge is 2.15. The van der Waals surface area contributed by atoms with Gasteiger partial charge < -0.3 is 19.9 Å². The summed E-state index contributed by atoms with van der Waals surface area (Å²) in [5, 5.41) is 11.4. The molecule has 0 aromatic carbocycles. The van der Waals surface area contributed by atoms with Crippen molar-refractivity contribution < 1.29 is 19.4 Å². The average molecular weight is 219 g/mol. The SMILES string of the molecule is CC(O)COCCNC(=O)OC(C)(C)C. The lowest BCUT2D eigenvalue weighted by Crippen LogP contribution is -2.34. The van der Waals surface area contributed by atoms with Gasteiger partial charge in [0, 0.05) is 6.54 Å². The monoisotopic (exact) mass is 219 g/mol. The van der Waals surface area contributed by atoms with Crippen molar-refractivity contribution in [2.24, 2.45) is 0 Å². The summed E-state index contributed by atoms with van der Waals surface area (Å²) in [4.78, 5) is 11.1. The number of hydrogen-bond donors (Lipinski definition) is 2. The molecule has 0 bridgehead atoms. The van der Waals surface area contributed by atoms with Crippen molar-refractivity contribution in [2.75, 3.05) is 19.8 Å². The van der Waals surface area contributed by atoms with E-state index in [1.807, 2.05) is 0 Å². The largest absolute Gasteiger partial charge is 0.444 e. The number of carbonyl (C=O) groups excluding carboxylic acids is 1. The van der Waals surface area contributed by atoms with Crippen LogP contribution in [0.2, 0.25) is 0 Å². The molecular weight excluding hydrogens is 198 g/mol. The van der Waals surface area contributed by atoms with Crippen LogP contribution >= 0.6 is 0 Å². The second-order valence-corrected chi connectivity index (χ2v) is 4.35. The predicted octanol–water partition coefficient (Wildman–Crippen LogP) is 0.908. The first kappa shape index (κ1) is 14.2. The van der Waals surface area contributed by atoms with E-state index in [2.05, 4.69) is 5.32 Å². The molecular formula is C10H21NO4. The Morgan fingerprint density at radius 2 is 2.07 bits per heavy atom. The Morgan fingerprint density at radius 1 is 1.47 bits per heavy atom. The van der Waals surface area contributed by atoms with Crippen LogP contribution in [0.5, 0.6) is 0 Å². The molecule has 0 radical (unpaired) electrons. The minimum Gasteiger partial charge on any atom is -0.444 e. The minimum atomic E-state index is -0.482. The number of rotatable bonds is 5. The molecule has 0 aliphatic heterocycles. The molecule has 0 aromatic heterocycles. The normalized spacial score (nSPS) is 13.4. The summed E-state index contributed by atoms with van der Waals surface area (Å²) in [6.45, 7) is 8.06. The Hall–Kier alpha value is -0.810. The van der Waals surface area contributed by atoms with Crippen LogP contribution in [0.4, 0.5) is 4.79 Å². The molecule has 15 heavy (non-hydrogen) atoms. The third kappa shape index (κ3) is 11.1. The maximum absolute atomic E-state index is 11.1. The highest BCUT2D eigenvalue weighted by atomic mass is 16.6. The van der Waals surface area contributed by atoms with Gasteiger partial charge in [-0.05, 0) is 27.7 Å². The molecule has 0 saturated heterocycles. The summed E-state index contributed by atoms with van der Waals surface area (Å²) in [5.74, 6) is 0. The topological polar surface area (TPSA) is 67.8 Å². The fourth-order valence-electron chi connectivity index (χ4n) is 0.793. The van der Waals surface area contributed by atoms with Crippen molar-refractivity contribution >= 4 is 6.09 Å². The number of alkyl carbamates (subject to hydrolysis) is 1. The van der Waals surface area contributed by atoms with Crippen molar-refractivity contribution in [2.45, 2.75) is 39.4 Å². The van der Waals surface area contributed by atoms with Crippen molar-refractivity contribution in [3.8, 4) is 0 Å². The van der Waals surface area contributed by atoms with E-state index in [1.54, 1.807) is 27.7 Å². The molecule has 0 aliphatic carbocycles. The second-order valence-electron chi connectivity index (χ2n) is 4.35. The number of hydrogen-bond acceptors (Lipinski definition) is 4. The summed E-state index contributed by atoms with van der Waals surface area (Å²) in [6, 6.07) is 0. The number of carbonyl (C=O) groups is 1. The third-order valence-corrected chi connectivity index (χ3v) is 1.27. The van der Waals surface area contributed by atoms with Gasteiger partial charge >= 0.3 is 6.09 Å². The summed E-state index contributed by atoms with van der Waals surface area (Å²) in [7, 11) is 0. The van der Waals surface area contributed by atoms with Gasteiger partial charge in [-0.15, -0.1) is 0 Å². The van der Waals surface area contributed by atoms with E-state index < -0.39 is 17.8 Å². The van der Waals surface area contributed by atoms with E-state index in [-0.39, 0.29) is 6.61 Å². The van der Waals surface area contributed by atoms with E-state index >= 15 is 0 Å². The van der Waals surface area contributed by atoms with E-state index in [1.165, 1.54) is 0 Å². The van der Waals surface area contributed by atoms with Gasteiger partial charge in [0.25, 0.3) is 0 Å². The van der Waals surface area contributed by atoms with E-state index in [0.29, 0.717) is 13.2 Å². The van der Waals surface area contributed by atoms with E-state index in [9.17, 15) is 4.79 Å². The fraction of sp³-hybridized carbons (Fsp3) is 0.900. The molecule has 5 nitrogen and oxygen atoms in total. The van der Waals surface area contributed by atoms with Crippen molar-refractivity contribution in [3.63, 3.8) is 0 Å². The molecule has 0 rings (SSSR count). The molecule has 0 aromatic rings. The van der Waals surface area contributed by atoms with Gasteiger partial charge in [-0.25, -0.2) is 4.79 Å². The lowest BCUT2D eigenvalue weighted by atomic mass is 10.2. The third-order valence-electron chi connectivity index (χ3n) is 1.27. The van der Waals surface area contributed by atoms with Gasteiger partial charge in [-0.1, -0.05) is 0 Å². The number of aliphatic hydroxyl groups is 1. The van der Waals surface area contributed by atoms with E-state index in [0.717, 1.165) is 0 Å². The molecule has 1 amide bonds. The molecule has 0 heterocycles. The van der Waals surface area contributed by atoms with Gasteiger partial charge in [0.05, 0.1) is 19.3 Å². The van der Waals surface area contributed by atoms with Crippen LogP contribution in [0.25, 0.3) is 0 Å². The maximum Gasteiger partial charge on any atom is 0.407 e. The zero-order valence-electron chi connectivity index (χ0n) is 9.87. The predicted molar refractivity (Wildman–Crippen MR) is 56.7 cm³/mol. The first-order valence-electron chi connectivity index (χ1n) is 5.04. The number of ether oxygens (including phenoxy) is 2. The minimum absolute atomic E-state index is 0.274. The van der Waals surface area contributed by atoms with Crippen LogP contribution in [0.3, 0.4) is 0 Å². The van der Waals surface area contributed by atoms with Gasteiger partial charge in [-0.2, -0.15) is 0 Å². The zero-order valence-corrected chi connectivity index (χ0v) is 9.87. The molecule has 1 atom stereocenters. The van der Waals surface area contributed by atoms with Gasteiger partial charge in [0.2, 0.25) is 0 Å². The number of aliphatic hydroxyl groups excluding tert-OH is 1. The standard InChI is InChI=1S/C10H21NO4/c1-8(12)7-14-6-5-11-9(13)15-10(2,3)4/h8,12H,5-7H2,1-4H3,(H,11,13). The van der Waals surface area contributed by atoms with Crippen LogP contribution in [-0.2, 0) is 9.47 Å². The van der Waals surface area contributed by atoms with Crippen LogP contribution in [0, 0.1) is 0 Å². The highest BCUT2D eigenvalue weighted by molar-refractivity contribution is 5.67. The zero-order chi connectivity index (χ0) is 11.9. The summed E-state index contributed by atoms with van der Waals surface area (Å²) < 4.78 is 10.1. The van der Waals surface area contributed by atoms with Crippen LogP contribution in [0.1, 0.15) is 27.7 Å². The smallest absolute Gasteiger partial charge is 0.407 e. The Labute approximate surface area is 90.8 Å². The Kier molecular flexibility index (Phi) is 6.27. The van der Waals surface area contributed by atoms with Crippen molar-refractivity contribution in [1.82, 2.24) is 5.32 Å². The van der Waals surface area contributed by atoms with Crippen LogP contribution in [0.15, 0.2) is 0 Å². The molecule has 1 unspecified atom stereocenters. The van der Waals surface area contributed by atoms with Gasteiger partial charge in [-0.3, -0.25) is 0 Å². The summed E-state index contributed by atoms with van der Waals surface area (Å²) >= 11 is 0. The lowest BCUT2D eigenvalue weighted by Gasteiger charge is -2.19. The summed E-state index contributed by atoms with van der Waals surface area (Å²) in [5.41, 5.74) is -0.482. The van der Waals surface area contributed by atoms with Gasteiger partial charge in [0.1, 0.15) is 5.60 Å². The molecule has 0 fully saturated rings. The Morgan fingerprint density at radius 3 is 2.53 bits per heavy atom. The summed E-state index contributed by atoms with van der Waals surface area (Å²) in [6.07, 6.45) is -0.935. The van der Waals surface area contributed by atoms with Crippen molar-refractivity contribution in [3.05, 3.63) is 0 Å². The quantitative estimate of drug-likeness (QED) is 0.674. The van der Waals surface area contributed by atoms with Crippen LogP contribution in [-0.4, -0.2) is 42.7 Å². The van der Waals surface area contributed by atoms with Crippen molar-refractivity contribution in [1.29, 1.82) is 0 Å². The second kappa shape index (κ2) is 6.63. The molecule has 0 aliphatic rings. The Bertz CT molecular complexity index is 186. The lowest BCUT2D eigenvalue weighted by molar-refractivity contribution is 0.0383. The molecule has 0 saturated carbocycles. The number of nitrogens with one attached hydrogen (secondary N) is 1. The highest BCUT2D eigenvalue weighted by Crippen LogP contribution is 2.05. The molecule has 0 spiro atoms. The molecule has 5 heteroatoms. The van der Waals surface area contributed by atoms with E-state index in [4.69, 9.17) is 14.6 Å². The fourth-order valence-corrected chi connectivity index (χ4v) is 0.793. The van der Waals surface area contributed by atoms with Gasteiger partial charge in [0.15, 0.2) is 0 Å². The first-order chi connectivity index (χ1) is 6.81. The Balaban J connectivity index is 3.40. The average Bonchev–Trinajstić information content (AvgIpc) is 1.99. The maximum atomic E-state index is 11.1.